The van der Waals surface area contributed by atoms with Crippen LogP contribution >= 0.6 is 0 Å². The first-order valence-electron chi connectivity index (χ1n) is 4.30. The average Bonchev–Trinajstić information content (AvgIpc) is 2.47. The van der Waals surface area contributed by atoms with Crippen LogP contribution in [-0.2, 0) is 0 Å². The Morgan fingerprint density at radius 1 is 1.69 bits per heavy atom. The van der Waals surface area contributed by atoms with Gasteiger partial charge in [-0.2, -0.15) is 0 Å². The van der Waals surface area contributed by atoms with E-state index in [1.807, 2.05) is 13.8 Å². The predicted molar refractivity (Wildman–Crippen MR) is 48.4 cm³/mol. The smallest absolute Gasteiger partial charge is 0.290 e. The molecule has 0 atom stereocenters. The van der Waals surface area contributed by atoms with Gasteiger partial charge in [-0.3, -0.25) is 4.79 Å². The van der Waals surface area contributed by atoms with Crippen LogP contribution in [0, 0.1) is 12.8 Å². The van der Waals surface area contributed by atoms with E-state index in [4.69, 9.17) is 4.52 Å². The highest BCUT2D eigenvalue weighted by Crippen LogP contribution is 2.05. The first kappa shape index (κ1) is 9.77. The van der Waals surface area contributed by atoms with Gasteiger partial charge in [0, 0.05) is 12.1 Å². The molecular formula is C9H14N2O2. The van der Waals surface area contributed by atoms with E-state index in [-0.39, 0.29) is 5.91 Å². The summed E-state index contributed by atoms with van der Waals surface area (Å²) in [4.78, 5) is 11.4. The molecule has 0 saturated heterocycles. The second-order valence-electron chi connectivity index (χ2n) is 3.44. The standard InChI is InChI=1S/C9H14N2O2/c1-6(2)4-10-9(12)8-7(3)5-11-13-8/h5-6H,4H2,1-3H3,(H,10,12). The fraction of sp³-hybridized carbons (Fsp3) is 0.556. The Morgan fingerprint density at radius 2 is 2.38 bits per heavy atom. The van der Waals surface area contributed by atoms with Gasteiger partial charge in [-0.15, -0.1) is 0 Å². The maximum Gasteiger partial charge on any atom is 0.290 e. The number of aryl methyl sites for hydroxylation is 1. The molecule has 1 amide bonds. The summed E-state index contributed by atoms with van der Waals surface area (Å²) < 4.78 is 4.80. The number of amides is 1. The van der Waals surface area contributed by atoms with Gasteiger partial charge in [-0.25, -0.2) is 0 Å². The van der Waals surface area contributed by atoms with E-state index in [1.54, 1.807) is 6.92 Å². The van der Waals surface area contributed by atoms with Gasteiger partial charge in [-0.05, 0) is 12.8 Å². The quantitative estimate of drug-likeness (QED) is 0.768. The molecule has 1 N–H and O–H groups in total. The maximum absolute atomic E-state index is 11.4. The second-order valence-corrected chi connectivity index (χ2v) is 3.44. The summed E-state index contributed by atoms with van der Waals surface area (Å²) in [5.74, 6) is 0.552. The molecule has 72 valence electrons. The maximum atomic E-state index is 11.4. The highest BCUT2D eigenvalue weighted by molar-refractivity contribution is 5.92. The molecular weight excluding hydrogens is 168 g/mol. The Morgan fingerprint density at radius 3 is 2.85 bits per heavy atom. The van der Waals surface area contributed by atoms with E-state index in [2.05, 4.69) is 10.5 Å². The molecule has 4 nitrogen and oxygen atoms in total. The largest absolute Gasteiger partial charge is 0.351 e. The van der Waals surface area contributed by atoms with Crippen LogP contribution in [0.5, 0.6) is 0 Å². The number of hydrogen-bond donors (Lipinski definition) is 1. The van der Waals surface area contributed by atoms with Gasteiger partial charge >= 0.3 is 0 Å². The summed E-state index contributed by atoms with van der Waals surface area (Å²) in [5, 5.41) is 6.29. The van der Waals surface area contributed by atoms with E-state index < -0.39 is 0 Å². The van der Waals surface area contributed by atoms with Gasteiger partial charge in [0.2, 0.25) is 5.76 Å². The number of nitrogens with one attached hydrogen (secondary N) is 1. The minimum atomic E-state index is -0.191. The summed E-state index contributed by atoms with van der Waals surface area (Å²) in [6.45, 7) is 6.51. The van der Waals surface area contributed by atoms with Crippen LogP contribution < -0.4 is 5.32 Å². The third-order valence-corrected chi connectivity index (χ3v) is 1.63. The van der Waals surface area contributed by atoms with Crippen molar-refractivity contribution in [1.29, 1.82) is 0 Å². The number of carbonyl (C=O) groups excluding carboxylic acids is 1. The molecule has 4 heteroatoms. The van der Waals surface area contributed by atoms with Crippen LogP contribution in [0.15, 0.2) is 10.7 Å². The summed E-state index contributed by atoms with van der Waals surface area (Å²) in [6.07, 6.45) is 1.53. The Kier molecular flexibility index (Phi) is 3.06. The topological polar surface area (TPSA) is 55.1 Å². The van der Waals surface area contributed by atoms with Crippen molar-refractivity contribution in [2.75, 3.05) is 6.54 Å². The molecule has 0 fully saturated rings. The zero-order valence-electron chi connectivity index (χ0n) is 8.13. The minimum Gasteiger partial charge on any atom is -0.351 e. The van der Waals surface area contributed by atoms with Crippen molar-refractivity contribution in [3.8, 4) is 0 Å². The number of carbonyl (C=O) groups is 1. The highest BCUT2D eigenvalue weighted by atomic mass is 16.5. The van der Waals surface area contributed by atoms with Crippen molar-refractivity contribution in [2.45, 2.75) is 20.8 Å². The van der Waals surface area contributed by atoms with E-state index in [0.717, 1.165) is 5.56 Å². The molecule has 1 aromatic rings. The second kappa shape index (κ2) is 4.07. The molecule has 0 saturated carbocycles. The monoisotopic (exact) mass is 182 g/mol. The molecule has 0 radical (unpaired) electrons. The first-order chi connectivity index (χ1) is 6.11. The van der Waals surface area contributed by atoms with Crippen molar-refractivity contribution < 1.29 is 9.32 Å². The Labute approximate surface area is 77.3 Å². The van der Waals surface area contributed by atoms with Gasteiger partial charge in [0.05, 0.1) is 6.20 Å². The molecule has 0 unspecified atom stereocenters. The van der Waals surface area contributed by atoms with Crippen molar-refractivity contribution in [3.63, 3.8) is 0 Å². The lowest BCUT2D eigenvalue weighted by Gasteiger charge is -2.05. The van der Waals surface area contributed by atoms with E-state index in [9.17, 15) is 4.79 Å². The van der Waals surface area contributed by atoms with Crippen molar-refractivity contribution >= 4 is 5.91 Å². The molecule has 0 spiro atoms. The van der Waals surface area contributed by atoms with Crippen LogP contribution in [0.3, 0.4) is 0 Å². The van der Waals surface area contributed by atoms with Gasteiger partial charge in [0.25, 0.3) is 5.91 Å². The fourth-order valence-electron chi connectivity index (χ4n) is 0.886. The van der Waals surface area contributed by atoms with Gasteiger partial charge in [0.15, 0.2) is 0 Å². The molecule has 0 bridgehead atoms. The molecule has 0 aliphatic carbocycles. The third-order valence-electron chi connectivity index (χ3n) is 1.63. The predicted octanol–water partition coefficient (Wildman–Crippen LogP) is 1.37. The Bertz CT molecular complexity index is 292. The van der Waals surface area contributed by atoms with E-state index in [0.29, 0.717) is 18.2 Å². The molecule has 0 aliphatic rings. The molecule has 1 aromatic heterocycles. The summed E-state index contributed by atoms with van der Waals surface area (Å²) in [7, 11) is 0. The van der Waals surface area contributed by atoms with Crippen molar-refractivity contribution in [3.05, 3.63) is 17.5 Å². The molecule has 0 aliphatic heterocycles. The Balaban J connectivity index is 2.54. The van der Waals surface area contributed by atoms with Crippen LogP contribution in [0.1, 0.15) is 30.0 Å². The van der Waals surface area contributed by atoms with Crippen LogP contribution in [0.2, 0.25) is 0 Å². The molecule has 13 heavy (non-hydrogen) atoms. The van der Waals surface area contributed by atoms with Crippen molar-refractivity contribution in [2.24, 2.45) is 5.92 Å². The molecule has 1 rings (SSSR count). The summed E-state index contributed by atoms with van der Waals surface area (Å²) in [5.41, 5.74) is 0.765. The van der Waals surface area contributed by atoms with Crippen LogP contribution in [-0.4, -0.2) is 17.6 Å². The number of rotatable bonds is 3. The summed E-state index contributed by atoms with van der Waals surface area (Å²) in [6, 6.07) is 0. The van der Waals surface area contributed by atoms with Crippen LogP contribution in [0.4, 0.5) is 0 Å². The SMILES string of the molecule is Cc1cnoc1C(=O)NCC(C)C. The minimum absolute atomic E-state index is 0.191. The van der Waals surface area contributed by atoms with Gasteiger partial charge in [-0.1, -0.05) is 19.0 Å². The highest BCUT2D eigenvalue weighted by Gasteiger charge is 2.13. The average molecular weight is 182 g/mol. The number of hydrogen-bond acceptors (Lipinski definition) is 3. The normalized spacial score (nSPS) is 10.5. The first-order valence-corrected chi connectivity index (χ1v) is 4.30. The summed E-state index contributed by atoms with van der Waals surface area (Å²) >= 11 is 0. The van der Waals surface area contributed by atoms with Gasteiger partial charge in [0.1, 0.15) is 0 Å². The zero-order valence-corrected chi connectivity index (χ0v) is 8.13. The number of aromatic nitrogens is 1. The number of nitrogens with zero attached hydrogens (tertiary/aromatic N) is 1. The zero-order chi connectivity index (χ0) is 9.84. The van der Waals surface area contributed by atoms with E-state index in [1.165, 1.54) is 6.20 Å². The molecule has 1 heterocycles. The lowest BCUT2D eigenvalue weighted by molar-refractivity contribution is 0.0911. The van der Waals surface area contributed by atoms with Crippen molar-refractivity contribution in [1.82, 2.24) is 10.5 Å². The molecule has 0 aromatic carbocycles. The van der Waals surface area contributed by atoms with Crippen LogP contribution in [0.25, 0.3) is 0 Å². The fourth-order valence-corrected chi connectivity index (χ4v) is 0.886. The Hall–Kier alpha value is -1.32. The lowest BCUT2D eigenvalue weighted by atomic mass is 10.2. The van der Waals surface area contributed by atoms with E-state index >= 15 is 0 Å². The van der Waals surface area contributed by atoms with Gasteiger partial charge < -0.3 is 9.84 Å². The lowest BCUT2D eigenvalue weighted by Crippen LogP contribution is -2.27. The third kappa shape index (κ3) is 2.57.